The Morgan fingerprint density at radius 3 is 2.38 bits per heavy atom. The smallest absolute Gasteiger partial charge is 0.0733 e. The van der Waals surface area contributed by atoms with Crippen LogP contribution in [0.2, 0.25) is 0 Å². The second kappa shape index (κ2) is 14.7. The first-order valence-electron chi connectivity index (χ1n) is 13.6. The molecule has 0 bridgehead atoms. The second-order valence-electron chi connectivity index (χ2n) is 10.1. The van der Waals surface area contributed by atoms with Crippen molar-refractivity contribution in [3.63, 3.8) is 0 Å². The molecule has 1 fully saturated rings. The van der Waals surface area contributed by atoms with Gasteiger partial charge < -0.3 is 0 Å². The molecule has 0 amide bonds. The highest BCUT2D eigenvalue weighted by atomic mass is 15.2. The second-order valence-corrected chi connectivity index (χ2v) is 10.1. The standard InChI is InChI=1S/C32H44N2/c1-4-6-7-8-10-14-27-17-19-28(20-18-27)25-33-34-32(30-15-11-9-12-16-30)31-23-21-29(22-24-31)26(3)13-5-2/h4,9,11-12,15-20,25-26,29,31H,1,5-8,10,13-14,21-24H2,2-3H3. The first kappa shape index (κ1) is 26.1. The van der Waals surface area contributed by atoms with Gasteiger partial charge in [0, 0.05) is 5.92 Å². The van der Waals surface area contributed by atoms with Gasteiger partial charge >= 0.3 is 0 Å². The fourth-order valence-electron chi connectivity index (χ4n) is 5.36. The molecular formula is C32H44N2. The summed E-state index contributed by atoms with van der Waals surface area (Å²) in [6.45, 7) is 8.55. The fourth-order valence-corrected chi connectivity index (χ4v) is 5.36. The fraction of sp³-hybridized carbons (Fsp3) is 0.500. The summed E-state index contributed by atoms with van der Waals surface area (Å²) in [4.78, 5) is 0. The van der Waals surface area contributed by atoms with Crippen LogP contribution in [0.4, 0.5) is 0 Å². The van der Waals surface area contributed by atoms with E-state index in [1.165, 1.54) is 68.9 Å². The lowest BCUT2D eigenvalue weighted by Crippen LogP contribution is -2.25. The number of hydrogen-bond donors (Lipinski definition) is 0. The van der Waals surface area contributed by atoms with Gasteiger partial charge in [-0.05, 0) is 79.9 Å². The first-order valence-corrected chi connectivity index (χ1v) is 13.6. The predicted octanol–water partition coefficient (Wildman–Crippen LogP) is 9.04. The van der Waals surface area contributed by atoms with E-state index in [9.17, 15) is 0 Å². The molecule has 1 aliphatic carbocycles. The van der Waals surface area contributed by atoms with Crippen LogP contribution in [-0.2, 0) is 6.42 Å². The maximum absolute atomic E-state index is 4.80. The van der Waals surface area contributed by atoms with Crippen molar-refractivity contribution in [1.82, 2.24) is 0 Å². The number of unbranched alkanes of at least 4 members (excludes halogenated alkanes) is 3. The Balaban J connectivity index is 1.62. The molecule has 0 heterocycles. The number of rotatable bonds is 13. The Hall–Kier alpha value is -2.48. The van der Waals surface area contributed by atoms with Crippen molar-refractivity contribution in [2.75, 3.05) is 0 Å². The van der Waals surface area contributed by atoms with Crippen LogP contribution in [0.15, 0.2) is 77.5 Å². The normalized spacial score (nSPS) is 19.9. The molecule has 1 unspecified atom stereocenters. The van der Waals surface area contributed by atoms with Gasteiger partial charge in [-0.1, -0.05) is 93.8 Å². The van der Waals surface area contributed by atoms with E-state index in [-0.39, 0.29) is 0 Å². The Morgan fingerprint density at radius 2 is 1.71 bits per heavy atom. The predicted molar refractivity (Wildman–Crippen MR) is 149 cm³/mol. The Morgan fingerprint density at radius 1 is 0.971 bits per heavy atom. The molecule has 0 aromatic heterocycles. The van der Waals surface area contributed by atoms with E-state index in [1.807, 2.05) is 12.3 Å². The summed E-state index contributed by atoms with van der Waals surface area (Å²) in [7, 11) is 0. The van der Waals surface area contributed by atoms with Crippen LogP contribution < -0.4 is 0 Å². The zero-order chi connectivity index (χ0) is 24.0. The maximum atomic E-state index is 4.80. The molecule has 0 aliphatic heterocycles. The lowest BCUT2D eigenvalue weighted by molar-refractivity contribution is 0.232. The number of aryl methyl sites for hydroxylation is 1. The van der Waals surface area contributed by atoms with Gasteiger partial charge in [-0.25, -0.2) is 0 Å². The molecule has 0 saturated heterocycles. The topological polar surface area (TPSA) is 24.7 Å². The summed E-state index contributed by atoms with van der Waals surface area (Å²) >= 11 is 0. The summed E-state index contributed by atoms with van der Waals surface area (Å²) in [5.74, 6) is 2.22. The van der Waals surface area contributed by atoms with Gasteiger partial charge in [-0.2, -0.15) is 10.2 Å². The lowest BCUT2D eigenvalue weighted by atomic mass is 9.73. The Kier molecular flexibility index (Phi) is 11.3. The molecule has 0 radical (unpaired) electrons. The minimum atomic E-state index is 0.507. The van der Waals surface area contributed by atoms with E-state index in [1.54, 1.807) is 0 Å². The van der Waals surface area contributed by atoms with E-state index in [4.69, 9.17) is 5.10 Å². The minimum absolute atomic E-state index is 0.507. The number of allylic oxidation sites excluding steroid dienone is 1. The van der Waals surface area contributed by atoms with Crippen molar-refractivity contribution in [3.05, 3.63) is 83.9 Å². The van der Waals surface area contributed by atoms with E-state index in [0.717, 1.165) is 36.0 Å². The minimum Gasteiger partial charge on any atom is -0.158 e. The molecule has 1 saturated carbocycles. The van der Waals surface area contributed by atoms with Crippen LogP contribution in [0.1, 0.15) is 94.7 Å². The van der Waals surface area contributed by atoms with Gasteiger partial charge in [0.25, 0.3) is 0 Å². The van der Waals surface area contributed by atoms with Crippen molar-refractivity contribution in [2.45, 2.75) is 84.5 Å². The molecule has 2 aromatic rings. The third-order valence-electron chi connectivity index (χ3n) is 7.50. The summed E-state index contributed by atoms with van der Waals surface area (Å²) in [6, 6.07) is 19.5. The van der Waals surface area contributed by atoms with Crippen molar-refractivity contribution >= 4 is 11.9 Å². The molecular weight excluding hydrogens is 412 g/mol. The summed E-state index contributed by atoms with van der Waals surface area (Å²) in [5, 5.41) is 9.35. The zero-order valence-electron chi connectivity index (χ0n) is 21.5. The summed E-state index contributed by atoms with van der Waals surface area (Å²) in [5.41, 5.74) is 4.90. The van der Waals surface area contributed by atoms with Crippen LogP contribution in [0.25, 0.3) is 0 Å². The highest BCUT2D eigenvalue weighted by Crippen LogP contribution is 2.36. The SMILES string of the molecule is C=CCCCCCc1ccc(C=NN=C(c2ccccc2)C2CCC(C(C)CCC)CC2)cc1. The van der Waals surface area contributed by atoms with Crippen LogP contribution in [-0.4, -0.2) is 11.9 Å². The number of nitrogens with zero attached hydrogens (tertiary/aromatic N) is 2. The molecule has 2 nitrogen and oxygen atoms in total. The van der Waals surface area contributed by atoms with Crippen molar-refractivity contribution in [3.8, 4) is 0 Å². The van der Waals surface area contributed by atoms with Crippen LogP contribution >= 0.6 is 0 Å². The summed E-state index contributed by atoms with van der Waals surface area (Å²) in [6.07, 6.45) is 17.7. The maximum Gasteiger partial charge on any atom is 0.0733 e. The third-order valence-corrected chi connectivity index (χ3v) is 7.50. The molecule has 2 aromatic carbocycles. The molecule has 34 heavy (non-hydrogen) atoms. The molecule has 182 valence electrons. The van der Waals surface area contributed by atoms with Crippen LogP contribution in [0.5, 0.6) is 0 Å². The van der Waals surface area contributed by atoms with Crippen molar-refractivity contribution < 1.29 is 0 Å². The average molecular weight is 457 g/mol. The number of hydrogen-bond acceptors (Lipinski definition) is 2. The van der Waals surface area contributed by atoms with Gasteiger partial charge in [0.1, 0.15) is 0 Å². The highest BCUT2D eigenvalue weighted by molar-refractivity contribution is 6.02. The van der Waals surface area contributed by atoms with E-state index >= 15 is 0 Å². The zero-order valence-corrected chi connectivity index (χ0v) is 21.5. The van der Waals surface area contributed by atoms with Gasteiger partial charge in [-0.3, -0.25) is 0 Å². The van der Waals surface area contributed by atoms with Crippen molar-refractivity contribution in [1.29, 1.82) is 0 Å². The molecule has 0 spiro atoms. The lowest BCUT2D eigenvalue weighted by Gasteiger charge is -2.32. The molecule has 1 aliphatic rings. The van der Waals surface area contributed by atoms with E-state index in [0.29, 0.717) is 5.92 Å². The third kappa shape index (κ3) is 8.38. The van der Waals surface area contributed by atoms with Gasteiger partial charge in [0.15, 0.2) is 0 Å². The average Bonchev–Trinajstić information content (AvgIpc) is 2.88. The largest absolute Gasteiger partial charge is 0.158 e. The Labute approximate surface area is 208 Å². The molecule has 0 N–H and O–H groups in total. The van der Waals surface area contributed by atoms with E-state index < -0.39 is 0 Å². The highest BCUT2D eigenvalue weighted by Gasteiger charge is 2.28. The van der Waals surface area contributed by atoms with E-state index in [2.05, 4.69) is 80.1 Å². The van der Waals surface area contributed by atoms with Crippen LogP contribution in [0.3, 0.4) is 0 Å². The molecule has 1 atom stereocenters. The molecule has 3 rings (SSSR count). The van der Waals surface area contributed by atoms with Crippen molar-refractivity contribution in [2.24, 2.45) is 28.0 Å². The summed E-state index contributed by atoms with van der Waals surface area (Å²) < 4.78 is 0. The van der Waals surface area contributed by atoms with Gasteiger partial charge in [-0.15, -0.1) is 6.58 Å². The van der Waals surface area contributed by atoms with Gasteiger partial charge in [0.05, 0.1) is 11.9 Å². The molecule has 2 heteroatoms. The van der Waals surface area contributed by atoms with Crippen LogP contribution in [0, 0.1) is 17.8 Å². The quantitative estimate of drug-likeness (QED) is 0.124. The number of benzene rings is 2. The Bertz CT molecular complexity index is 886. The monoisotopic (exact) mass is 456 g/mol. The first-order chi connectivity index (χ1) is 16.7. The van der Waals surface area contributed by atoms with Gasteiger partial charge in [0.2, 0.25) is 0 Å².